The largest absolute Gasteiger partial charge is 0.462 e. The van der Waals surface area contributed by atoms with Crippen molar-refractivity contribution in [1.29, 1.82) is 0 Å². The Labute approximate surface area is 217 Å². The Bertz CT molecular complexity index is 1460. The minimum absolute atomic E-state index is 0.0885. The lowest BCUT2D eigenvalue weighted by Gasteiger charge is -2.26. The monoisotopic (exact) mass is 542 g/mol. The van der Waals surface area contributed by atoms with Crippen LogP contribution in [0.3, 0.4) is 0 Å². The number of hydrogen-bond donors (Lipinski definition) is 1. The molecule has 11 heteroatoms. The fourth-order valence-corrected chi connectivity index (χ4v) is 5.99. The van der Waals surface area contributed by atoms with E-state index in [1.165, 1.54) is 60.3 Å². The number of halogens is 1. The van der Waals surface area contributed by atoms with Crippen LogP contribution in [0.2, 0.25) is 0 Å². The first-order valence-corrected chi connectivity index (χ1v) is 13.8. The lowest BCUT2D eigenvalue weighted by atomic mass is 10.1. The van der Waals surface area contributed by atoms with Crippen molar-refractivity contribution < 1.29 is 31.9 Å². The van der Waals surface area contributed by atoms with Crippen molar-refractivity contribution in [3.63, 3.8) is 0 Å². The molecule has 0 aliphatic carbocycles. The lowest BCUT2D eigenvalue weighted by molar-refractivity contribution is -0.115. The Morgan fingerprint density at radius 2 is 1.70 bits per heavy atom. The van der Waals surface area contributed by atoms with Crippen LogP contribution in [0.4, 0.5) is 10.1 Å². The van der Waals surface area contributed by atoms with Gasteiger partial charge in [0.2, 0.25) is 5.91 Å². The molecular weight excluding hydrogens is 519 g/mol. The number of ether oxygens (including phenoxy) is 1. The Kier molecular flexibility index (Phi) is 7.65. The van der Waals surface area contributed by atoms with Gasteiger partial charge in [0.05, 0.1) is 22.8 Å². The van der Waals surface area contributed by atoms with Gasteiger partial charge in [0.1, 0.15) is 11.2 Å². The first-order chi connectivity index (χ1) is 17.6. The molecular formula is C26H23FN2O6S2. The standard InChI is InChI=1S/C26H23FN2O6S2/c1-3-35-26(32)18-6-11-21(12-7-18)37(33,34)28-24(31)19-8-13-22(16(2)14-19)29-23(30)15-36-25(29)17-4-9-20(27)10-5-17/h4-14,25H,3,15H2,1-2H3,(H,28,31). The molecule has 1 atom stereocenters. The van der Waals surface area contributed by atoms with Crippen LogP contribution in [-0.2, 0) is 19.6 Å². The number of hydrogen-bond acceptors (Lipinski definition) is 7. The first-order valence-electron chi connectivity index (χ1n) is 11.2. The van der Waals surface area contributed by atoms with Gasteiger partial charge >= 0.3 is 5.97 Å². The Morgan fingerprint density at radius 1 is 1.05 bits per heavy atom. The molecule has 192 valence electrons. The highest BCUT2D eigenvalue weighted by molar-refractivity contribution is 8.00. The van der Waals surface area contributed by atoms with Crippen molar-refractivity contribution in [2.24, 2.45) is 0 Å². The van der Waals surface area contributed by atoms with E-state index in [0.29, 0.717) is 11.3 Å². The minimum atomic E-state index is -4.21. The molecule has 0 bridgehead atoms. The van der Waals surface area contributed by atoms with Crippen molar-refractivity contribution in [2.45, 2.75) is 24.1 Å². The summed E-state index contributed by atoms with van der Waals surface area (Å²) in [5.41, 5.74) is 2.20. The third kappa shape index (κ3) is 5.67. The van der Waals surface area contributed by atoms with Gasteiger partial charge in [0, 0.05) is 11.3 Å². The highest BCUT2D eigenvalue weighted by Gasteiger charge is 2.35. The molecule has 2 amide bonds. The van der Waals surface area contributed by atoms with E-state index in [1.807, 2.05) is 4.72 Å². The summed E-state index contributed by atoms with van der Waals surface area (Å²) in [6, 6.07) is 15.5. The number of carbonyl (C=O) groups is 3. The fourth-order valence-electron chi connectivity index (χ4n) is 3.85. The van der Waals surface area contributed by atoms with Crippen LogP contribution < -0.4 is 9.62 Å². The maximum absolute atomic E-state index is 13.4. The maximum atomic E-state index is 13.4. The smallest absolute Gasteiger partial charge is 0.338 e. The molecule has 0 radical (unpaired) electrons. The molecule has 3 aromatic rings. The highest BCUT2D eigenvalue weighted by Crippen LogP contribution is 2.42. The van der Waals surface area contributed by atoms with Gasteiger partial charge < -0.3 is 4.74 Å². The molecule has 1 heterocycles. The quantitative estimate of drug-likeness (QED) is 0.446. The van der Waals surface area contributed by atoms with Crippen LogP contribution in [0.15, 0.2) is 71.6 Å². The summed E-state index contributed by atoms with van der Waals surface area (Å²) in [4.78, 5) is 38.6. The third-order valence-corrected chi connectivity index (χ3v) is 8.20. The molecule has 0 aromatic heterocycles. The number of sulfonamides is 1. The highest BCUT2D eigenvalue weighted by atomic mass is 32.2. The predicted octanol–water partition coefficient (Wildman–Crippen LogP) is 4.21. The molecule has 3 aromatic carbocycles. The summed E-state index contributed by atoms with van der Waals surface area (Å²) in [6.07, 6.45) is 0. The number of thioether (sulfide) groups is 1. The second-order valence-electron chi connectivity index (χ2n) is 8.16. The molecule has 0 saturated carbocycles. The van der Waals surface area contributed by atoms with Crippen molar-refractivity contribution in [3.05, 3.63) is 94.8 Å². The second kappa shape index (κ2) is 10.7. The van der Waals surface area contributed by atoms with Crippen LogP contribution >= 0.6 is 11.8 Å². The van der Waals surface area contributed by atoms with Gasteiger partial charge in [0.15, 0.2) is 0 Å². The second-order valence-corrected chi connectivity index (χ2v) is 10.9. The van der Waals surface area contributed by atoms with Crippen LogP contribution in [-0.4, -0.2) is 38.6 Å². The summed E-state index contributed by atoms with van der Waals surface area (Å²) < 4.78 is 45.7. The minimum Gasteiger partial charge on any atom is -0.462 e. The first kappa shape index (κ1) is 26.4. The van der Waals surface area contributed by atoms with E-state index in [-0.39, 0.29) is 45.5 Å². The zero-order valence-electron chi connectivity index (χ0n) is 19.9. The summed E-state index contributed by atoms with van der Waals surface area (Å²) in [7, 11) is -4.21. The Morgan fingerprint density at radius 3 is 2.32 bits per heavy atom. The number of benzene rings is 3. The number of nitrogens with one attached hydrogen (secondary N) is 1. The predicted molar refractivity (Wildman–Crippen MR) is 137 cm³/mol. The van der Waals surface area contributed by atoms with E-state index in [0.717, 1.165) is 5.56 Å². The van der Waals surface area contributed by atoms with E-state index in [2.05, 4.69) is 0 Å². The number of aryl methyl sites for hydroxylation is 1. The molecule has 1 aliphatic rings. The summed E-state index contributed by atoms with van der Waals surface area (Å²) in [5.74, 6) is -1.69. The van der Waals surface area contributed by atoms with Gasteiger partial charge in [-0.3, -0.25) is 14.5 Å². The molecule has 1 saturated heterocycles. The maximum Gasteiger partial charge on any atom is 0.338 e. The van der Waals surface area contributed by atoms with Crippen molar-refractivity contribution >= 4 is 45.3 Å². The molecule has 8 nitrogen and oxygen atoms in total. The average Bonchev–Trinajstić information content (AvgIpc) is 3.25. The number of rotatable bonds is 7. The van der Waals surface area contributed by atoms with Gasteiger partial charge in [-0.05, 0) is 79.6 Å². The van der Waals surface area contributed by atoms with Crippen molar-refractivity contribution in [3.8, 4) is 0 Å². The third-order valence-electron chi connectivity index (χ3n) is 5.64. The Balaban J connectivity index is 1.53. The molecule has 1 N–H and O–H groups in total. The van der Waals surface area contributed by atoms with Crippen LogP contribution in [0.5, 0.6) is 0 Å². The fraction of sp³-hybridized carbons (Fsp3) is 0.192. The van der Waals surface area contributed by atoms with Gasteiger partial charge in [-0.1, -0.05) is 12.1 Å². The molecule has 1 unspecified atom stereocenters. The topological polar surface area (TPSA) is 110 Å². The number of carbonyl (C=O) groups excluding carboxylic acids is 3. The van der Waals surface area contributed by atoms with E-state index in [9.17, 15) is 27.2 Å². The summed E-state index contributed by atoms with van der Waals surface area (Å²) in [5, 5.41) is -0.357. The number of esters is 1. The van der Waals surface area contributed by atoms with Gasteiger partial charge in [-0.2, -0.15) is 0 Å². The van der Waals surface area contributed by atoms with E-state index in [4.69, 9.17) is 4.74 Å². The zero-order valence-corrected chi connectivity index (χ0v) is 21.6. The lowest BCUT2D eigenvalue weighted by Crippen LogP contribution is -2.31. The molecule has 4 rings (SSSR count). The molecule has 37 heavy (non-hydrogen) atoms. The molecule has 0 spiro atoms. The van der Waals surface area contributed by atoms with Crippen LogP contribution in [0, 0.1) is 12.7 Å². The summed E-state index contributed by atoms with van der Waals surface area (Å²) in [6.45, 7) is 3.56. The van der Waals surface area contributed by atoms with Gasteiger partial charge in [-0.15, -0.1) is 11.8 Å². The van der Waals surface area contributed by atoms with E-state index >= 15 is 0 Å². The average molecular weight is 543 g/mol. The molecule has 1 fully saturated rings. The van der Waals surface area contributed by atoms with Crippen LogP contribution in [0.1, 0.15) is 44.1 Å². The van der Waals surface area contributed by atoms with Crippen molar-refractivity contribution in [2.75, 3.05) is 17.3 Å². The Hall–Kier alpha value is -3.70. The number of amides is 2. The van der Waals surface area contributed by atoms with Crippen molar-refractivity contribution in [1.82, 2.24) is 4.72 Å². The van der Waals surface area contributed by atoms with E-state index in [1.54, 1.807) is 36.9 Å². The van der Waals surface area contributed by atoms with Crippen LogP contribution in [0.25, 0.3) is 0 Å². The number of nitrogens with zero attached hydrogens (tertiary/aromatic N) is 1. The van der Waals surface area contributed by atoms with E-state index < -0.39 is 21.9 Å². The number of anilines is 1. The molecule has 1 aliphatic heterocycles. The SMILES string of the molecule is CCOC(=O)c1ccc(S(=O)(=O)NC(=O)c2ccc(N3C(=O)CSC3c3ccc(F)cc3)c(C)c2)cc1. The zero-order chi connectivity index (χ0) is 26.7. The van der Waals surface area contributed by atoms with Gasteiger partial charge in [-0.25, -0.2) is 22.3 Å². The normalized spacial score (nSPS) is 15.5. The van der Waals surface area contributed by atoms with Gasteiger partial charge in [0.25, 0.3) is 15.9 Å². The summed E-state index contributed by atoms with van der Waals surface area (Å²) >= 11 is 1.41.